The van der Waals surface area contributed by atoms with E-state index >= 15 is 0 Å². The molecule has 0 fully saturated rings. The van der Waals surface area contributed by atoms with Gasteiger partial charge in [-0.05, 0) is 24.6 Å². The van der Waals surface area contributed by atoms with Crippen molar-refractivity contribution in [1.82, 2.24) is 10.7 Å². The zero-order valence-corrected chi connectivity index (χ0v) is 10.2. The minimum Gasteiger partial charge on any atom is -0.245 e. The molecule has 0 spiro atoms. The molecule has 1 aromatic carbocycles. The molecule has 1 aromatic rings. The van der Waals surface area contributed by atoms with E-state index in [0.717, 1.165) is 16.4 Å². The molecule has 0 unspecified atom stereocenters. The number of alkyl halides is 3. The summed E-state index contributed by atoms with van der Waals surface area (Å²) in [7, 11) is 0. The Hall–Kier alpha value is -1.28. The van der Waals surface area contributed by atoms with E-state index in [1.54, 1.807) is 18.2 Å². The number of benzene rings is 1. The molecule has 1 aliphatic rings. The maximum Gasteiger partial charge on any atom is 0.516 e. The minimum atomic E-state index is -4.55. The van der Waals surface area contributed by atoms with Crippen LogP contribution in [0.1, 0.15) is 5.56 Å². The molecule has 2 rings (SSSR count). The van der Waals surface area contributed by atoms with Crippen LogP contribution in [0.4, 0.5) is 18.9 Å². The van der Waals surface area contributed by atoms with Gasteiger partial charge in [-0.1, -0.05) is 22.0 Å². The average molecular weight is 309 g/mol. The number of hydrogen-bond acceptors (Lipinski definition) is 4. The van der Waals surface area contributed by atoms with Crippen LogP contribution < -0.4 is 10.5 Å². The molecule has 0 radical (unpaired) electrons. The van der Waals surface area contributed by atoms with Crippen LogP contribution in [-0.2, 0) is 0 Å². The molecule has 0 aromatic heterocycles. The molecule has 0 amide bonds. The maximum absolute atomic E-state index is 12.3. The Balaban J connectivity index is 2.16. The Labute approximate surface area is 104 Å². The van der Waals surface area contributed by atoms with E-state index in [1.165, 1.54) is 5.01 Å². The average Bonchev–Trinajstić information content (AvgIpc) is 2.70. The third kappa shape index (κ3) is 2.52. The summed E-state index contributed by atoms with van der Waals surface area (Å²) in [6, 6.07) is 5.19. The van der Waals surface area contributed by atoms with Crippen molar-refractivity contribution in [2.24, 2.45) is 5.10 Å². The van der Waals surface area contributed by atoms with Crippen LogP contribution in [0, 0.1) is 6.92 Å². The third-order valence-electron chi connectivity index (χ3n) is 2.16. The van der Waals surface area contributed by atoms with Crippen molar-refractivity contribution in [3.8, 4) is 0 Å². The molecule has 8 heteroatoms. The predicted molar refractivity (Wildman–Crippen MR) is 60.9 cm³/mol. The molecular formula is C9H8BrF3N4. The summed E-state index contributed by atoms with van der Waals surface area (Å²) in [6.45, 7) is 1.89. The van der Waals surface area contributed by atoms with Crippen LogP contribution in [0.25, 0.3) is 0 Å². The van der Waals surface area contributed by atoms with E-state index in [0.29, 0.717) is 5.69 Å². The zero-order chi connectivity index (χ0) is 12.6. The summed E-state index contributed by atoms with van der Waals surface area (Å²) in [6.07, 6.45) is -3.49. The summed E-state index contributed by atoms with van der Waals surface area (Å²) in [5.41, 5.74) is 3.64. The lowest BCUT2D eigenvalue weighted by Gasteiger charge is -2.21. The van der Waals surface area contributed by atoms with Gasteiger partial charge in [-0.25, -0.2) is 5.01 Å². The van der Waals surface area contributed by atoms with Gasteiger partial charge < -0.3 is 0 Å². The summed E-state index contributed by atoms with van der Waals surface area (Å²) < 4.78 is 37.7. The Kier molecular flexibility index (Phi) is 3.00. The number of hydrazone groups is 1. The van der Waals surface area contributed by atoms with Gasteiger partial charge in [0.25, 0.3) is 0 Å². The summed E-state index contributed by atoms with van der Waals surface area (Å²) in [5, 5.41) is 4.21. The highest BCUT2D eigenvalue weighted by atomic mass is 79.9. The number of aryl methyl sites for hydroxylation is 1. The van der Waals surface area contributed by atoms with Crippen molar-refractivity contribution < 1.29 is 13.2 Å². The fourth-order valence-electron chi connectivity index (χ4n) is 1.24. The molecule has 0 atom stereocenters. The van der Waals surface area contributed by atoms with Gasteiger partial charge in [-0.3, -0.25) is 0 Å². The maximum atomic E-state index is 12.3. The number of nitrogens with one attached hydrogen (secondary N) is 1. The lowest BCUT2D eigenvalue weighted by Crippen LogP contribution is -2.47. The van der Waals surface area contributed by atoms with Crippen LogP contribution in [0.2, 0.25) is 0 Å². The van der Waals surface area contributed by atoms with E-state index in [4.69, 9.17) is 0 Å². The molecule has 1 aliphatic heterocycles. The summed E-state index contributed by atoms with van der Waals surface area (Å²) in [5.74, 6) is 0. The quantitative estimate of drug-likeness (QED) is 0.809. The van der Waals surface area contributed by atoms with E-state index in [2.05, 4.69) is 26.6 Å². The first-order chi connectivity index (χ1) is 7.88. The number of anilines is 1. The zero-order valence-electron chi connectivity index (χ0n) is 8.66. The fourth-order valence-corrected chi connectivity index (χ4v) is 1.60. The number of nitrogens with zero attached hydrogens (tertiary/aromatic N) is 3. The highest BCUT2D eigenvalue weighted by Gasteiger charge is 2.40. The van der Waals surface area contributed by atoms with Gasteiger partial charge in [0, 0.05) is 4.47 Å². The molecule has 1 heterocycles. The van der Waals surface area contributed by atoms with Crippen molar-refractivity contribution in [1.29, 1.82) is 0 Å². The topological polar surface area (TPSA) is 30.9 Å². The van der Waals surface area contributed by atoms with Crippen molar-refractivity contribution >= 4 is 28.0 Å². The van der Waals surface area contributed by atoms with Gasteiger partial charge in [-0.2, -0.15) is 0 Å². The number of hydrogen-bond donors (Lipinski definition) is 1. The molecular weight excluding hydrogens is 301 g/mol. The van der Waals surface area contributed by atoms with E-state index in [1.807, 2.05) is 6.92 Å². The number of rotatable bonds is 1. The number of hydrazine groups is 2. The highest BCUT2D eigenvalue weighted by Crippen LogP contribution is 2.26. The molecule has 92 valence electrons. The Morgan fingerprint density at radius 1 is 1.35 bits per heavy atom. The van der Waals surface area contributed by atoms with Crippen LogP contribution in [0.3, 0.4) is 0 Å². The molecule has 4 nitrogen and oxygen atoms in total. The van der Waals surface area contributed by atoms with E-state index in [9.17, 15) is 13.2 Å². The normalized spacial score (nSPS) is 15.8. The molecule has 0 saturated heterocycles. The Morgan fingerprint density at radius 3 is 2.59 bits per heavy atom. The highest BCUT2D eigenvalue weighted by molar-refractivity contribution is 9.10. The second-order valence-corrected chi connectivity index (χ2v) is 4.27. The SMILES string of the molecule is Cc1ccc(N2C=NN(C(F)(F)F)N2)cc1Br. The van der Waals surface area contributed by atoms with Crippen LogP contribution in [-0.4, -0.2) is 17.8 Å². The fraction of sp³-hybridized carbons (Fsp3) is 0.222. The van der Waals surface area contributed by atoms with Crippen molar-refractivity contribution in [3.63, 3.8) is 0 Å². The molecule has 0 saturated carbocycles. The first-order valence-corrected chi connectivity index (χ1v) is 5.40. The number of halogens is 4. The second-order valence-electron chi connectivity index (χ2n) is 3.41. The van der Waals surface area contributed by atoms with Crippen LogP contribution in [0.5, 0.6) is 0 Å². The van der Waals surface area contributed by atoms with Gasteiger partial charge in [0.1, 0.15) is 6.34 Å². The van der Waals surface area contributed by atoms with Gasteiger partial charge in [-0.15, -0.1) is 28.9 Å². The molecule has 0 bridgehead atoms. The largest absolute Gasteiger partial charge is 0.516 e. The summed E-state index contributed by atoms with van der Waals surface area (Å²) in [4.78, 5) is 0. The van der Waals surface area contributed by atoms with Crippen molar-refractivity contribution in [2.45, 2.75) is 13.2 Å². The smallest absolute Gasteiger partial charge is 0.245 e. The Morgan fingerprint density at radius 2 is 2.06 bits per heavy atom. The molecule has 0 aliphatic carbocycles. The van der Waals surface area contributed by atoms with E-state index in [-0.39, 0.29) is 5.12 Å². The molecule has 17 heavy (non-hydrogen) atoms. The van der Waals surface area contributed by atoms with Gasteiger partial charge in [0.2, 0.25) is 0 Å². The van der Waals surface area contributed by atoms with Crippen LogP contribution in [0.15, 0.2) is 27.8 Å². The Bertz CT molecular complexity index is 460. The molecule has 1 N–H and O–H groups in total. The predicted octanol–water partition coefficient (Wildman–Crippen LogP) is 2.76. The summed E-state index contributed by atoms with van der Waals surface area (Å²) >= 11 is 3.31. The third-order valence-corrected chi connectivity index (χ3v) is 3.01. The minimum absolute atomic E-state index is 0.166. The van der Waals surface area contributed by atoms with Crippen molar-refractivity contribution in [2.75, 3.05) is 5.01 Å². The van der Waals surface area contributed by atoms with Crippen molar-refractivity contribution in [3.05, 3.63) is 28.2 Å². The monoisotopic (exact) mass is 308 g/mol. The van der Waals surface area contributed by atoms with Gasteiger partial charge in [0.05, 0.1) is 5.69 Å². The second kappa shape index (κ2) is 4.19. The van der Waals surface area contributed by atoms with Gasteiger partial charge in [0.15, 0.2) is 0 Å². The first kappa shape index (κ1) is 12.2. The first-order valence-electron chi connectivity index (χ1n) is 4.60. The van der Waals surface area contributed by atoms with Gasteiger partial charge >= 0.3 is 6.30 Å². The lowest BCUT2D eigenvalue weighted by molar-refractivity contribution is -0.260. The lowest BCUT2D eigenvalue weighted by atomic mass is 10.2. The van der Waals surface area contributed by atoms with E-state index < -0.39 is 6.30 Å². The van der Waals surface area contributed by atoms with Crippen LogP contribution >= 0.6 is 15.9 Å². The standard InChI is InChI=1S/C9H8BrF3N4/c1-6-2-3-7(4-8(6)10)16-5-14-17(15-16)9(11,12)13/h2-5,15H,1H3.